The molecule has 2 aromatic rings. The molecule has 0 spiro atoms. The van der Waals surface area contributed by atoms with Gasteiger partial charge in [-0.2, -0.15) is 0 Å². The number of rotatable bonds is 4. The van der Waals surface area contributed by atoms with Gasteiger partial charge in [-0.3, -0.25) is 4.79 Å². The first-order valence-electron chi connectivity index (χ1n) is 8.54. The van der Waals surface area contributed by atoms with E-state index in [4.69, 9.17) is 4.42 Å². The molecule has 5 nitrogen and oxygen atoms in total. The van der Waals surface area contributed by atoms with Crippen molar-refractivity contribution in [3.05, 3.63) is 47.4 Å². The van der Waals surface area contributed by atoms with E-state index in [9.17, 15) is 9.18 Å². The van der Waals surface area contributed by atoms with E-state index in [1.165, 1.54) is 12.1 Å². The predicted molar refractivity (Wildman–Crippen MR) is 84.8 cm³/mol. The van der Waals surface area contributed by atoms with Crippen molar-refractivity contribution >= 4 is 5.91 Å². The van der Waals surface area contributed by atoms with E-state index in [0.717, 1.165) is 37.8 Å². The Kier molecular flexibility index (Phi) is 4.04. The fourth-order valence-electron chi connectivity index (χ4n) is 3.25. The molecule has 1 atom stereocenters. The van der Waals surface area contributed by atoms with Crippen LogP contribution >= 0.6 is 0 Å². The first-order chi connectivity index (χ1) is 11.7. The Morgan fingerprint density at radius 3 is 2.75 bits per heavy atom. The summed E-state index contributed by atoms with van der Waals surface area (Å²) < 4.78 is 18.8. The van der Waals surface area contributed by atoms with E-state index in [1.54, 1.807) is 12.1 Å². The Morgan fingerprint density at radius 1 is 1.21 bits per heavy atom. The van der Waals surface area contributed by atoms with Crippen LogP contribution in [-0.4, -0.2) is 34.1 Å². The fraction of sp³-hybridized carbons (Fsp3) is 0.500. The zero-order valence-corrected chi connectivity index (χ0v) is 13.4. The van der Waals surface area contributed by atoms with E-state index in [0.29, 0.717) is 24.7 Å². The first kappa shape index (κ1) is 15.3. The molecule has 0 N–H and O–H groups in total. The molecule has 1 aliphatic heterocycles. The molecule has 1 amide bonds. The Balaban J connectivity index is 1.42. The molecule has 6 heteroatoms. The average molecular weight is 329 g/mol. The maximum absolute atomic E-state index is 13.0. The van der Waals surface area contributed by atoms with Gasteiger partial charge in [-0.25, -0.2) is 4.39 Å². The lowest BCUT2D eigenvalue weighted by Gasteiger charge is -2.31. The number of hydrogen-bond acceptors (Lipinski definition) is 4. The lowest BCUT2D eigenvalue weighted by atomic mass is 9.97. The quantitative estimate of drug-likeness (QED) is 0.865. The number of amides is 1. The highest BCUT2D eigenvalue weighted by atomic mass is 19.1. The van der Waals surface area contributed by atoms with Gasteiger partial charge in [-0.05, 0) is 43.4 Å². The number of halogens is 1. The second-order valence-corrected chi connectivity index (χ2v) is 6.73. The summed E-state index contributed by atoms with van der Waals surface area (Å²) in [5.74, 6) is 1.54. The Hall–Kier alpha value is -2.24. The number of nitrogens with zero attached hydrogens (tertiary/aromatic N) is 3. The second-order valence-electron chi connectivity index (χ2n) is 6.73. The summed E-state index contributed by atoms with van der Waals surface area (Å²) in [4.78, 5) is 14.2. The van der Waals surface area contributed by atoms with Gasteiger partial charge < -0.3 is 9.32 Å². The van der Waals surface area contributed by atoms with E-state index >= 15 is 0 Å². The van der Waals surface area contributed by atoms with Crippen molar-refractivity contribution in [2.75, 3.05) is 13.1 Å². The van der Waals surface area contributed by atoms with Crippen molar-refractivity contribution in [1.29, 1.82) is 0 Å². The number of hydrogen-bond donors (Lipinski definition) is 0. The highest BCUT2D eigenvalue weighted by Crippen LogP contribution is 2.34. The van der Waals surface area contributed by atoms with Gasteiger partial charge in [0.25, 0.3) is 0 Å². The molecule has 1 unspecified atom stereocenters. The zero-order chi connectivity index (χ0) is 16.5. The summed E-state index contributed by atoms with van der Waals surface area (Å²) in [5.41, 5.74) is 0.931. The standard InChI is InChI=1S/C18H20FN3O2/c19-15-7-3-12(4-8-15)10-16-20-21-17(24-16)14-2-1-9-22(11-14)18(23)13-5-6-13/h3-4,7-8,13-14H,1-2,5-6,9-11H2. The third-order valence-corrected chi connectivity index (χ3v) is 4.76. The number of likely N-dealkylation sites (tertiary alicyclic amines) is 1. The largest absolute Gasteiger partial charge is 0.425 e. The normalized spacial score (nSPS) is 21.0. The molecule has 1 aliphatic carbocycles. The first-order valence-corrected chi connectivity index (χ1v) is 8.54. The van der Waals surface area contributed by atoms with Crippen LogP contribution in [0.1, 0.15) is 48.9 Å². The Morgan fingerprint density at radius 2 is 2.00 bits per heavy atom. The number of benzene rings is 1. The molecular formula is C18H20FN3O2. The summed E-state index contributed by atoms with van der Waals surface area (Å²) in [6, 6.07) is 6.29. The summed E-state index contributed by atoms with van der Waals surface area (Å²) in [6.45, 7) is 1.51. The van der Waals surface area contributed by atoms with Gasteiger partial charge >= 0.3 is 0 Å². The van der Waals surface area contributed by atoms with Gasteiger partial charge in [0.15, 0.2) is 0 Å². The van der Waals surface area contributed by atoms with Crippen molar-refractivity contribution in [3.63, 3.8) is 0 Å². The molecule has 1 aromatic carbocycles. The van der Waals surface area contributed by atoms with Crippen LogP contribution in [0.4, 0.5) is 4.39 Å². The van der Waals surface area contributed by atoms with Crippen LogP contribution in [0.2, 0.25) is 0 Å². The second kappa shape index (κ2) is 6.34. The van der Waals surface area contributed by atoms with Crippen LogP contribution in [0, 0.1) is 11.7 Å². The average Bonchev–Trinajstić information content (AvgIpc) is 3.36. The van der Waals surface area contributed by atoms with Crippen molar-refractivity contribution < 1.29 is 13.6 Å². The molecule has 2 fully saturated rings. The summed E-state index contributed by atoms with van der Waals surface area (Å²) in [6.07, 6.45) is 4.49. The number of piperidine rings is 1. The van der Waals surface area contributed by atoms with Gasteiger partial charge in [0, 0.05) is 19.0 Å². The molecule has 1 saturated carbocycles. The number of carbonyl (C=O) groups is 1. The minimum Gasteiger partial charge on any atom is -0.425 e. The topological polar surface area (TPSA) is 59.2 Å². The van der Waals surface area contributed by atoms with Crippen LogP contribution < -0.4 is 0 Å². The molecule has 24 heavy (non-hydrogen) atoms. The van der Waals surface area contributed by atoms with Crippen molar-refractivity contribution in [2.45, 2.75) is 38.0 Å². The molecule has 0 bridgehead atoms. The zero-order valence-electron chi connectivity index (χ0n) is 13.4. The SMILES string of the molecule is O=C(C1CC1)N1CCCC(c2nnc(Cc3ccc(F)cc3)o2)C1. The molecular weight excluding hydrogens is 309 g/mol. The molecule has 4 rings (SSSR count). The van der Waals surface area contributed by atoms with Gasteiger partial charge in [-0.1, -0.05) is 12.1 Å². The van der Waals surface area contributed by atoms with Crippen molar-refractivity contribution in [1.82, 2.24) is 15.1 Å². The number of carbonyl (C=O) groups excluding carboxylic acids is 1. The molecule has 2 heterocycles. The van der Waals surface area contributed by atoms with E-state index in [2.05, 4.69) is 10.2 Å². The Labute approximate surface area is 139 Å². The minimum absolute atomic E-state index is 0.121. The lowest BCUT2D eigenvalue weighted by molar-refractivity contribution is -0.133. The van der Waals surface area contributed by atoms with E-state index < -0.39 is 0 Å². The van der Waals surface area contributed by atoms with Crippen molar-refractivity contribution in [3.8, 4) is 0 Å². The van der Waals surface area contributed by atoms with E-state index in [-0.39, 0.29) is 23.6 Å². The van der Waals surface area contributed by atoms with Gasteiger partial charge in [0.2, 0.25) is 17.7 Å². The van der Waals surface area contributed by atoms with E-state index in [1.807, 2.05) is 4.90 Å². The van der Waals surface area contributed by atoms with Crippen LogP contribution in [0.5, 0.6) is 0 Å². The molecule has 0 radical (unpaired) electrons. The monoisotopic (exact) mass is 329 g/mol. The molecule has 2 aliphatic rings. The smallest absolute Gasteiger partial charge is 0.225 e. The minimum atomic E-state index is -0.257. The molecule has 1 aromatic heterocycles. The van der Waals surface area contributed by atoms with Crippen LogP contribution in [0.25, 0.3) is 0 Å². The van der Waals surface area contributed by atoms with Crippen LogP contribution in [-0.2, 0) is 11.2 Å². The number of aromatic nitrogens is 2. The summed E-state index contributed by atoms with van der Waals surface area (Å²) in [7, 11) is 0. The van der Waals surface area contributed by atoms with Crippen molar-refractivity contribution in [2.24, 2.45) is 5.92 Å². The fourth-order valence-corrected chi connectivity index (χ4v) is 3.25. The van der Waals surface area contributed by atoms with Crippen LogP contribution in [0.15, 0.2) is 28.7 Å². The maximum atomic E-state index is 13.0. The van der Waals surface area contributed by atoms with Gasteiger partial charge in [-0.15, -0.1) is 10.2 Å². The third kappa shape index (κ3) is 3.32. The van der Waals surface area contributed by atoms with Gasteiger partial charge in [0.05, 0.1) is 12.3 Å². The third-order valence-electron chi connectivity index (χ3n) is 4.76. The van der Waals surface area contributed by atoms with Gasteiger partial charge in [0.1, 0.15) is 5.82 Å². The summed E-state index contributed by atoms with van der Waals surface area (Å²) >= 11 is 0. The highest BCUT2D eigenvalue weighted by molar-refractivity contribution is 5.81. The molecule has 1 saturated heterocycles. The maximum Gasteiger partial charge on any atom is 0.225 e. The highest BCUT2D eigenvalue weighted by Gasteiger charge is 2.36. The Bertz CT molecular complexity index is 724. The predicted octanol–water partition coefficient (Wildman–Crippen LogP) is 2.92. The summed E-state index contributed by atoms with van der Waals surface area (Å²) in [5, 5.41) is 8.29. The van der Waals surface area contributed by atoms with Crippen LogP contribution in [0.3, 0.4) is 0 Å². The molecule has 126 valence electrons. The lowest BCUT2D eigenvalue weighted by Crippen LogP contribution is -2.40.